The quantitative estimate of drug-likeness (QED) is 0.0927. The van der Waals surface area contributed by atoms with Gasteiger partial charge in [-0.1, -0.05) is 121 Å². The second kappa shape index (κ2) is 19.1. The molecule has 1 heterocycles. The summed E-state index contributed by atoms with van der Waals surface area (Å²) in [7, 11) is -3.55. The number of hydrogen-bond donors (Lipinski definition) is 0. The molecule has 9 heteroatoms. The normalized spacial score (nSPS) is 21.2. The monoisotopic (exact) mass is 674 g/mol. The fraction of sp³-hybridized carbons (Fsp3) is 0.385. The number of hydrogen-bond acceptors (Lipinski definition) is 8. The molecule has 48 heavy (non-hydrogen) atoms. The van der Waals surface area contributed by atoms with Crippen LogP contribution in [0.25, 0.3) is 0 Å². The van der Waals surface area contributed by atoms with Gasteiger partial charge in [-0.15, -0.1) is 0 Å². The fourth-order valence-electron chi connectivity index (χ4n) is 5.79. The van der Waals surface area contributed by atoms with Gasteiger partial charge in [0.15, 0.2) is 0 Å². The molecule has 0 aliphatic carbocycles. The highest BCUT2D eigenvalue weighted by Crippen LogP contribution is 2.50. The Kier molecular flexibility index (Phi) is 14.4. The van der Waals surface area contributed by atoms with Crippen LogP contribution in [0.2, 0.25) is 0 Å². The molecule has 1 fully saturated rings. The third-order valence-corrected chi connectivity index (χ3v) is 10.1. The molecule has 8 nitrogen and oxygen atoms in total. The second-order valence-electron chi connectivity index (χ2n) is 11.6. The molecule has 5 rings (SSSR count). The molecule has 4 aromatic carbocycles. The van der Waals surface area contributed by atoms with E-state index in [9.17, 15) is 4.57 Å². The zero-order valence-electron chi connectivity index (χ0n) is 27.8. The third-order valence-electron chi connectivity index (χ3n) is 8.03. The highest BCUT2D eigenvalue weighted by Gasteiger charge is 2.50. The van der Waals surface area contributed by atoms with Gasteiger partial charge in [0.2, 0.25) is 0 Å². The lowest BCUT2D eigenvalue weighted by Gasteiger charge is -2.46. The summed E-state index contributed by atoms with van der Waals surface area (Å²) < 4.78 is 58.7. The van der Waals surface area contributed by atoms with Crippen molar-refractivity contribution >= 4 is 7.60 Å². The van der Waals surface area contributed by atoms with Crippen LogP contribution >= 0.6 is 7.60 Å². The highest BCUT2D eigenvalue weighted by molar-refractivity contribution is 7.53. The van der Waals surface area contributed by atoms with Gasteiger partial charge in [-0.25, -0.2) is 0 Å². The first kappa shape index (κ1) is 36.1. The lowest BCUT2D eigenvalue weighted by molar-refractivity contribution is -0.268. The lowest BCUT2D eigenvalue weighted by atomic mass is 9.94. The topological polar surface area (TPSA) is 81.7 Å². The Balaban J connectivity index is 1.48. The Morgan fingerprint density at radius 1 is 0.521 bits per heavy atom. The van der Waals surface area contributed by atoms with Crippen molar-refractivity contribution in [3.63, 3.8) is 0 Å². The van der Waals surface area contributed by atoms with Crippen molar-refractivity contribution in [3.8, 4) is 0 Å². The molecule has 4 aromatic rings. The van der Waals surface area contributed by atoms with Crippen molar-refractivity contribution in [1.82, 2.24) is 0 Å². The molecule has 256 valence electrons. The maximum atomic E-state index is 14.0. The predicted molar refractivity (Wildman–Crippen MR) is 186 cm³/mol. The Hall–Kier alpha value is -3.17. The molecule has 0 unspecified atom stereocenters. The molecule has 0 spiro atoms. The molecule has 1 aliphatic rings. The van der Waals surface area contributed by atoms with E-state index in [1.165, 1.54) is 0 Å². The van der Waals surface area contributed by atoms with Crippen LogP contribution in [0.15, 0.2) is 121 Å². The highest BCUT2D eigenvalue weighted by atomic mass is 31.2. The minimum Gasteiger partial charge on any atom is -0.374 e. The van der Waals surface area contributed by atoms with Gasteiger partial charge in [0.05, 0.1) is 58.5 Å². The van der Waals surface area contributed by atoms with Crippen LogP contribution in [-0.2, 0) is 63.7 Å². The molecule has 1 saturated heterocycles. The minimum atomic E-state index is -3.55. The minimum absolute atomic E-state index is 0.0140. The average molecular weight is 675 g/mol. The summed E-state index contributed by atoms with van der Waals surface area (Å²) in [6.07, 6.45) is -3.16. The first-order valence-electron chi connectivity index (χ1n) is 16.7. The summed E-state index contributed by atoms with van der Waals surface area (Å²) in [4.78, 5) is 0. The van der Waals surface area contributed by atoms with Gasteiger partial charge in [0.1, 0.15) is 24.4 Å². The Morgan fingerprint density at radius 2 is 0.896 bits per heavy atom. The molecule has 0 N–H and O–H groups in total. The van der Waals surface area contributed by atoms with Crippen molar-refractivity contribution in [2.24, 2.45) is 0 Å². The van der Waals surface area contributed by atoms with Gasteiger partial charge in [0, 0.05) is 0 Å². The Morgan fingerprint density at radius 3 is 1.31 bits per heavy atom. The van der Waals surface area contributed by atoms with Crippen LogP contribution in [-0.4, -0.2) is 56.5 Å². The smallest absolute Gasteiger partial charge is 0.333 e. The largest absolute Gasteiger partial charge is 0.374 e. The van der Waals surface area contributed by atoms with E-state index in [0.717, 1.165) is 22.3 Å². The first-order valence-corrected chi connectivity index (χ1v) is 18.4. The Bertz CT molecular complexity index is 1480. The maximum absolute atomic E-state index is 14.0. The molecule has 5 atom stereocenters. The lowest BCUT2D eigenvalue weighted by Crippen LogP contribution is -2.62. The van der Waals surface area contributed by atoms with E-state index >= 15 is 0 Å². The van der Waals surface area contributed by atoms with E-state index in [0.29, 0.717) is 26.4 Å². The van der Waals surface area contributed by atoms with Crippen molar-refractivity contribution in [2.45, 2.75) is 70.8 Å². The van der Waals surface area contributed by atoms with Crippen molar-refractivity contribution in [1.29, 1.82) is 0 Å². The molecular formula is C39H47O8P. The van der Waals surface area contributed by atoms with Gasteiger partial charge in [-0.3, -0.25) is 4.57 Å². The van der Waals surface area contributed by atoms with Gasteiger partial charge >= 0.3 is 7.60 Å². The number of rotatable bonds is 19. The van der Waals surface area contributed by atoms with E-state index in [1.54, 1.807) is 13.8 Å². The van der Waals surface area contributed by atoms with Gasteiger partial charge in [-0.05, 0) is 36.1 Å². The summed E-state index contributed by atoms with van der Waals surface area (Å²) in [5.74, 6) is 0. The van der Waals surface area contributed by atoms with Crippen LogP contribution in [0.4, 0.5) is 0 Å². The Labute approximate surface area is 284 Å². The molecule has 1 aliphatic heterocycles. The van der Waals surface area contributed by atoms with E-state index in [1.807, 2.05) is 121 Å². The standard InChI is InChI=1S/C39H47O8P/c1-3-45-48(40,46-4-2)30-36-38(43-27-33-21-13-7-14-22-33)39(44-28-34-23-15-8-16-24-34)37(42-26-32-19-11-6-12-20-32)35(47-36)29-41-25-31-17-9-5-10-18-31/h5-24,35-39H,3-4,25-30H2,1-2H3/t35-,36-,37-,38-,39+/m1/s1. The molecular weight excluding hydrogens is 627 g/mol. The van der Waals surface area contributed by atoms with Crippen LogP contribution in [0.5, 0.6) is 0 Å². The van der Waals surface area contributed by atoms with Crippen molar-refractivity contribution in [3.05, 3.63) is 144 Å². The van der Waals surface area contributed by atoms with E-state index in [-0.39, 0.29) is 26.0 Å². The first-order chi connectivity index (χ1) is 23.6. The maximum Gasteiger partial charge on any atom is 0.333 e. The zero-order chi connectivity index (χ0) is 33.4. The van der Waals surface area contributed by atoms with E-state index in [2.05, 4.69) is 0 Å². The van der Waals surface area contributed by atoms with E-state index < -0.39 is 38.1 Å². The number of benzene rings is 4. The van der Waals surface area contributed by atoms with Crippen LogP contribution in [0, 0.1) is 0 Å². The number of ether oxygens (including phenoxy) is 5. The summed E-state index contributed by atoms with van der Waals surface area (Å²) in [5, 5.41) is 0. The molecule has 0 saturated carbocycles. The molecule has 0 bridgehead atoms. The second-order valence-corrected chi connectivity index (χ2v) is 13.7. The third kappa shape index (κ3) is 10.9. The predicted octanol–water partition coefficient (Wildman–Crippen LogP) is 7.99. The molecule has 0 radical (unpaired) electrons. The van der Waals surface area contributed by atoms with Gasteiger partial charge < -0.3 is 32.7 Å². The summed E-state index contributed by atoms with van der Waals surface area (Å²) in [6.45, 7) is 5.64. The average Bonchev–Trinajstić information content (AvgIpc) is 3.11. The van der Waals surface area contributed by atoms with Gasteiger partial charge in [0.25, 0.3) is 0 Å². The summed E-state index contributed by atoms with van der Waals surface area (Å²) in [5.41, 5.74) is 4.07. The van der Waals surface area contributed by atoms with Crippen LogP contribution in [0.3, 0.4) is 0 Å². The fourth-order valence-corrected chi connectivity index (χ4v) is 7.59. The molecule has 0 amide bonds. The van der Waals surface area contributed by atoms with Crippen LogP contribution < -0.4 is 0 Å². The van der Waals surface area contributed by atoms with Crippen molar-refractivity contribution in [2.75, 3.05) is 26.0 Å². The summed E-state index contributed by atoms with van der Waals surface area (Å²) in [6, 6.07) is 39.9. The SMILES string of the molecule is CCOP(=O)(C[C@H]1O[C@H](COCc2ccccc2)[C@@H](OCc2ccccc2)[C@H](OCc2ccccc2)[C@@H]1OCc1ccccc1)OCC. The van der Waals surface area contributed by atoms with E-state index in [4.69, 9.17) is 32.7 Å². The molecule has 0 aromatic heterocycles. The van der Waals surface area contributed by atoms with Crippen LogP contribution in [0.1, 0.15) is 36.1 Å². The zero-order valence-corrected chi connectivity index (χ0v) is 28.7. The van der Waals surface area contributed by atoms with Crippen molar-refractivity contribution < 1.29 is 37.3 Å². The summed E-state index contributed by atoms with van der Waals surface area (Å²) >= 11 is 0. The van der Waals surface area contributed by atoms with Gasteiger partial charge in [-0.2, -0.15) is 0 Å².